The van der Waals surface area contributed by atoms with Gasteiger partial charge in [0.1, 0.15) is 0 Å². The third kappa shape index (κ3) is 4.43. The van der Waals surface area contributed by atoms with E-state index >= 15 is 0 Å². The minimum Gasteiger partial charge on any atom is -0.379 e. The maximum absolute atomic E-state index is 12.8. The summed E-state index contributed by atoms with van der Waals surface area (Å²) in [6.45, 7) is 7.04. The van der Waals surface area contributed by atoms with Crippen LogP contribution in [0.25, 0.3) is 0 Å². The van der Waals surface area contributed by atoms with E-state index in [4.69, 9.17) is 4.74 Å². The normalized spacial score (nSPS) is 17.7. The van der Waals surface area contributed by atoms with E-state index in [1.54, 1.807) is 11.2 Å². The molecule has 1 aliphatic rings. The third-order valence-electron chi connectivity index (χ3n) is 3.47. The summed E-state index contributed by atoms with van der Waals surface area (Å²) in [6.07, 6.45) is 1.76. The largest absolute Gasteiger partial charge is 0.379 e. The first kappa shape index (κ1) is 16.3. The first-order chi connectivity index (χ1) is 10.1. The number of morpholine rings is 1. The maximum atomic E-state index is 12.8. The highest BCUT2D eigenvalue weighted by atomic mass is 32.2. The molecule has 1 amide bonds. The summed E-state index contributed by atoms with van der Waals surface area (Å²) in [5.41, 5.74) is 0. The van der Waals surface area contributed by atoms with Crippen molar-refractivity contribution >= 4 is 17.7 Å². The first-order valence-electron chi connectivity index (χ1n) is 7.27. The van der Waals surface area contributed by atoms with Crippen LogP contribution in [0.4, 0.5) is 0 Å². The Bertz CT molecular complexity index is 449. The third-order valence-corrected chi connectivity index (χ3v) is 4.95. The number of rotatable bonds is 5. The van der Waals surface area contributed by atoms with Crippen molar-refractivity contribution in [3.05, 3.63) is 24.4 Å². The zero-order valence-corrected chi connectivity index (χ0v) is 13.7. The molecule has 1 unspecified atom stereocenters. The van der Waals surface area contributed by atoms with E-state index in [1.807, 2.05) is 25.2 Å². The molecule has 0 N–H and O–H groups in total. The number of hydrogen-bond donors (Lipinski definition) is 0. The Morgan fingerprint density at radius 3 is 2.67 bits per heavy atom. The SMILES string of the molecule is CC(C)C(Sc1ccccn1)C(=O)N(C)N1CCOCC1. The van der Waals surface area contributed by atoms with Gasteiger partial charge >= 0.3 is 0 Å². The molecule has 0 spiro atoms. The lowest BCUT2D eigenvalue weighted by Gasteiger charge is -2.37. The van der Waals surface area contributed by atoms with Crippen LogP contribution >= 0.6 is 11.8 Å². The lowest BCUT2D eigenvalue weighted by atomic mass is 10.1. The van der Waals surface area contributed by atoms with Crippen LogP contribution in [-0.2, 0) is 9.53 Å². The Labute approximate surface area is 130 Å². The Balaban J connectivity index is 2.04. The average Bonchev–Trinajstić information content (AvgIpc) is 2.53. The van der Waals surface area contributed by atoms with Crippen LogP contribution in [0.2, 0.25) is 0 Å². The standard InChI is InChI=1S/C15H23N3O2S/c1-12(2)14(21-13-6-4-5-7-16-13)15(19)17(3)18-8-10-20-11-9-18/h4-7,12,14H,8-11H2,1-3H3. The summed E-state index contributed by atoms with van der Waals surface area (Å²) in [6, 6.07) is 5.78. The molecular weight excluding hydrogens is 286 g/mol. The smallest absolute Gasteiger partial charge is 0.250 e. The van der Waals surface area contributed by atoms with Gasteiger partial charge in [0.15, 0.2) is 0 Å². The Morgan fingerprint density at radius 2 is 2.10 bits per heavy atom. The summed E-state index contributed by atoms with van der Waals surface area (Å²) in [5.74, 6) is 0.371. The molecule has 21 heavy (non-hydrogen) atoms. The molecular formula is C15H23N3O2S. The molecule has 1 fully saturated rings. The average molecular weight is 309 g/mol. The van der Waals surface area contributed by atoms with Gasteiger partial charge < -0.3 is 4.74 Å². The molecule has 2 rings (SSSR count). The zero-order chi connectivity index (χ0) is 15.2. The van der Waals surface area contributed by atoms with Crippen molar-refractivity contribution in [2.75, 3.05) is 33.4 Å². The monoisotopic (exact) mass is 309 g/mol. The highest BCUT2D eigenvalue weighted by Gasteiger charge is 2.30. The number of amides is 1. The predicted octanol–water partition coefficient (Wildman–Crippen LogP) is 1.90. The van der Waals surface area contributed by atoms with Crippen molar-refractivity contribution in [1.29, 1.82) is 0 Å². The fourth-order valence-corrected chi connectivity index (χ4v) is 3.26. The van der Waals surface area contributed by atoms with Gasteiger partial charge in [-0.2, -0.15) is 0 Å². The molecule has 1 saturated heterocycles. The summed E-state index contributed by atoms with van der Waals surface area (Å²) < 4.78 is 5.34. The van der Waals surface area contributed by atoms with Gasteiger partial charge in [-0.1, -0.05) is 31.7 Å². The van der Waals surface area contributed by atoms with Crippen LogP contribution in [0.5, 0.6) is 0 Å². The number of ether oxygens (including phenoxy) is 1. The summed E-state index contributed by atoms with van der Waals surface area (Å²) in [5, 5.41) is 4.57. The van der Waals surface area contributed by atoms with Crippen molar-refractivity contribution in [3.63, 3.8) is 0 Å². The van der Waals surface area contributed by atoms with Crippen molar-refractivity contribution in [3.8, 4) is 0 Å². The number of pyridine rings is 1. The van der Waals surface area contributed by atoms with Gasteiger partial charge in [-0.05, 0) is 18.1 Å². The molecule has 0 aromatic carbocycles. The van der Waals surface area contributed by atoms with E-state index in [0.29, 0.717) is 13.2 Å². The van der Waals surface area contributed by atoms with Gasteiger partial charge in [0.05, 0.1) is 23.5 Å². The Hall–Kier alpha value is -1.11. The number of nitrogens with zero attached hydrogens (tertiary/aromatic N) is 3. The molecule has 0 saturated carbocycles. The first-order valence-corrected chi connectivity index (χ1v) is 8.15. The van der Waals surface area contributed by atoms with Gasteiger partial charge in [0.2, 0.25) is 5.91 Å². The molecule has 1 aromatic heterocycles. The molecule has 1 atom stereocenters. The van der Waals surface area contributed by atoms with Gasteiger partial charge in [-0.25, -0.2) is 9.99 Å². The molecule has 0 bridgehead atoms. The molecule has 1 aromatic rings. The van der Waals surface area contributed by atoms with Gasteiger partial charge in [-0.3, -0.25) is 9.80 Å². The molecule has 0 radical (unpaired) electrons. The second-order valence-corrected chi connectivity index (χ2v) is 6.54. The quantitative estimate of drug-likeness (QED) is 0.778. The van der Waals surface area contributed by atoms with Crippen molar-refractivity contribution < 1.29 is 9.53 Å². The lowest BCUT2D eigenvalue weighted by Crippen LogP contribution is -2.52. The van der Waals surface area contributed by atoms with E-state index in [9.17, 15) is 4.79 Å². The Morgan fingerprint density at radius 1 is 1.38 bits per heavy atom. The Kier molecular flexibility index (Phi) is 6.02. The molecule has 6 heteroatoms. The fraction of sp³-hybridized carbons (Fsp3) is 0.600. The zero-order valence-electron chi connectivity index (χ0n) is 12.9. The number of aromatic nitrogens is 1. The van der Waals surface area contributed by atoms with Crippen LogP contribution in [0.15, 0.2) is 29.4 Å². The number of carbonyl (C=O) groups excluding carboxylic acids is 1. The van der Waals surface area contributed by atoms with Crippen LogP contribution in [-0.4, -0.2) is 59.5 Å². The van der Waals surface area contributed by atoms with E-state index in [0.717, 1.165) is 18.1 Å². The van der Waals surface area contributed by atoms with Crippen LogP contribution in [0.3, 0.4) is 0 Å². The second kappa shape index (κ2) is 7.77. The van der Waals surface area contributed by atoms with Gasteiger partial charge in [0.25, 0.3) is 0 Å². The highest BCUT2D eigenvalue weighted by molar-refractivity contribution is 8.00. The predicted molar refractivity (Wildman–Crippen MR) is 83.9 cm³/mol. The van der Waals surface area contributed by atoms with Gasteiger partial charge in [-0.15, -0.1) is 0 Å². The minimum absolute atomic E-state index is 0.127. The lowest BCUT2D eigenvalue weighted by molar-refractivity contribution is -0.152. The molecule has 0 aliphatic carbocycles. The molecule has 2 heterocycles. The van der Waals surface area contributed by atoms with E-state index in [2.05, 4.69) is 23.8 Å². The van der Waals surface area contributed by atoms with E-state index in [-0.39, 0.29) is 17.1 Å². The summed E-state index contributed by atoms with van der Waals surface area (Å²) in [4.78, 5) is 17.1. The number of hydrogen-bond acceptors (Lipinski definition) is 5. The fourth-order valence-electron chi connectivity index (χ4n) is 2.20. The number of thioether (sulfide) groups is 1. The van der Waals surface area contributed by atoms with Crippen LogP contribution in [0.1, 0.15) is 13.8 Å². The number of hydrazine groups is 1. The van der Waals surface area contributed by atoms with Crippen LogP contribution < -0.4 is 0 Å². The van der Waals surface area contributed by atoms with Gasteiger partial charge in [0, 0.05) is 26.3 Å². The highest BCUT2D eigenvalue weighted by Crippen LogP contribution is 2.28. The van der Waals surface area contributed by atoms with Crippen molar-refractivity contribution in [1.82, 2.24) is 15.0 Å². The summed E-state index contributed by atoms with van der Waals surface area (Å²) >= 11 is 1.54. The molecule has 116 valence electrons. The second-order valence-electron chi connectivity index (χ2n) is 5.38. The minimum atomic E-state index is -0.132. The van der Waals surface area contributed by atoms with E-state index in [1.165, 1.54) is 11.8 Å². The van der Waals surface area contributed by atoms with Crippen LogP contribution in [0, 0.1) is 5.92 Å². The summed E-state index contributed by atoms with van der Waals surface area (Å²) in [7, 11) is 1.85. The topological polar surface area (TPSA) is 45.7 Å². The van der Waals surface area contributed by atoms with Crippen molar-refractivity contribution in [2.45, 2.75) is 24.1 Å². The number of carbonyl (C=O) groups is 1. The molecule has 5 nitrogen and oxygen atoms in total. The molecule has 1 aliphatic heterocycles. The van der Waals surface area contributed by atoms with E-state index < -0.39 is 0 Å². The maximum Gasteiger partial charge on any atom is 0.250 e. The van der Waals surface area contributed by atoms with Crippen molar-refractivity contribution in [2.24, 2.45) is 5.92 Å².